The summed E-state index contributed by atoms with van der Waals surface area (Å²) in [6.07, 6.45) is 1.66. The van der Waals surface area contributed by atoms with Crippen LogP contribution >= 0.6 is 23.5 Å². The highest BCUT2D eigenvalue weighted by Gasteiger charge is 2.61. The van der Waals surface area contributed by atoms with E-state index in [0.717, 1.165) is 12.8 Å². The summed E-state index contributed by atoms with van der Waals surface area (Å²) >= 11 is 4.19. The van der Waals surface area contributed by atoms with E-state index in [1.807, 2.05) is 13.8 Å². The van der Waals surface area contributed by atoms with Gasteiger partial charge in [-0.3, -0.25) is 4.79 Å². The van der Waals surface area contributed by atoms with E-state index in [-0.39, 0.29) is 17.9 Å². The fourth-order valence-corrected chi connectivity index (χ4v) is 8.21. The van der Waals surface area contributed by atoms with Gasteiger partial charge in [-0.15, -0.1) is 23.5 Å². The number of piperidine rings is 1. The molecule has 0 unspecified atom stereocenters. The van der Waals surface area contributed by atoms with Crippen molar-refractivity contribution < 1.29 is 14.3 Å². The number of likely N-dealkylation sites (tertiary alicyclic amines) is 1. The van der Waals surface area contributed by atoms with Crippen molar-refractivity contribution >= 4 is 35.5 Å². The highest BCUT2D eigenvalue weighted by molar-refractivity contribution is 8.21. The third-order valence-electron chi connectivity index (χ3n) is 5.45. The lowest BCUT2D eigenvalue weighted by molar-refractivity contribution is -0.138. The van der Waals surface area contributed by atoms with Gasteiger partial charge < -0.3 is 15.0 Å². The van der Waals surface area contributed by atoms with Crippen molar-refractivity contribution in [1.82, 2.24) is 10.2 Å². The summed E-state index contributed by atoms with van der Waals surface area (Å²) in [5.41, 5.74) is 0. The van der Waals surface area contributed by atoms with E-state index >= 15 is 0 Å². The van der Waals surface area contributed by atoms with Crippen molar-refractivity contribution in [2.75, 3.05) is 18.6 Å². The first-order valence-electron chi connectivity index (χ1n) is 8.34. The lowest BCUT2D eigenvalue weighted by Crippen LogP contribution is -2.57. The van der Waals surface area contributed by atoms with E-state index < -0.39 is 12.1 Å². The fraction of sp³-hybridized carbons (Fsp3) is 0.875. The molecule has 2 aliphatic heterocycles. The normalized spacial score (nSPS) is 32.6. The molecule has 130 valence electrons. The molecule has 1 aliphatic carbocycles. The summed E-state index contributed by atoms with van der Waals surface area (Å²) in [4.78, 5) is 26.7. The Morgan fingerprint density at radius 2 is 1.96 bits per heavy atom. The second kappa shape index (κ2) is 6.39. The van der Waals surface area contributed by atoms with Crippen LogP contribution in [0.4, 0.5) is 4.79 Å². The molecular weight excluding hydrogens is 332 g/mol. The molecule has 0 aromatic rings. The van der Waals surface area contributed by atoms with Gasteiger partial charge in [0.25, 0.3) is 0 Å². The van der Waals surface area contributed by atoms with Crippen LogP contribution < -0.4 is 5.32 Å². The van der Waals surface area contributed by atoms with Gasteiger partial charge in [0.1, 0.15) is 6.04 Å². The van der Waals surface area contributed by atoms with Crippen molar-refractivity contribution in [3.8, 4) is 0 Å². The van der Waals surface area contributed by atoms with Crippen LogP contribution in [0, 0.1) is 11.8 Å². The molecule has 1 N–H and O–H groups in total. The van der Waals surface area contributed by atoms with Gasteiger partial charge in [0, 0.05) is 29.5 Å². The number of methoxy groups -OCH3 is 1. The quantitative estimate of drug-likeness (QED) is 0.840. The average Bonchev–Trinajstić information content (AvgIpc) is 3.19. The van der Waals surface area contributed by atoms with Gasteiger partial charge in [0.2, 0.25) is 5.91 Å². The molecule has 0 aromatic carbocycles. The maximum atomic E-state index is 13.1. The number of ether oxygens (including phenoxy) is 1. The Hall–Kier alpha value is -0.560. The molecule has 0 radical (unpaired) electrons. The lowest BCUT2D eigenvalue weighted by atomic mass is 9.96. The van der Waals surface area contributed by atoms with Gasteiger partial charge in [-0.25, -0.2) is 4.79 Å². The van der Waals surface area contributed by atoms with Gasteiger partial charge in [-0.1, -0.05) is 13.8 Å². The number of carbonyl (C=O) groups is 2. The molecular formula is C16H26N2O3S2. The Morgan fingerprint density at radius 3 is 2.48 bits per heavy atom. The number of carbonyl (C=O) groups excluding carboxylic acids is 2. The minimum absolute atomic E-state index is 0.0390. The molecule has 4 atom stereocenters. The van der Waals surface area contributed by atoms with Gasteiger partial charge in [-0.05, 0) is 25.7 Å². The number of nitrogens with one attached hydrogen (secondary N) is 1. The predicted molar refractivity (Wildman–Crippen MR) is 94.6 cm³/mol. The third kappa shape index (κ3) is 2.84. The minimum atomic E-state index is -0.535. The number of alkyl carbamates (subject to hydrolysis) is 1. The smallest absolute Gasteiger partial charge is 0.407 e. The molecule has 2 heterocycles. The first-order chi connectivity index (χ1) is 10.9. The van der Waals surface area contributed by atoms with E-state index in [1.54, 1.807) is 0 Å². The number of nitrogens with zero attached hydrogens (tertiary/aromatic N) is 1. The van der Waals surface area contributed by atoms with Gasteiger partial charge >= 0.3 is 6.09 Å². The summed E-state index contributed by atoms with van der Waals surface area (Å²) in [6, 6.07) is 0.0606. The van der Waals surface area contributed by atoms with E-state index in [2.05, 4.69) is 45.4 Å². The van der Waals surface area contributed by atoms with Crippen molar-refractivity contribution in [1.29, 1.82) is 0 Å². The van der Waals surface area contributed by atoms with Crippen LogP contribution in [0.15, 0.2) is 0 Å². The largest absolute Gasteiger partial charge is 0.453 e. The second-order valence-electron chi connectivity index (χ2n) is 7.05. The van der Waals surface area contributed by atoms with Crippen molar-refractivity contribution in [3.05, 3.63) is 0 Å². The molecule has 3 fully saturated rings. The van der Waals surface area contributed by atoms with E-state index in [4.69, 9.17) is 0 Å². The zero-order valence-corrected chi connectivity index (χ0v) is 15.8. The van der Waals surface area contributed by atoms with E-state index in [0.29, 0.717) is 16.0 Å². The predicted octanol–water partition coefficient (Wildman–Crippen LogP) is 2.55. The molecule has 0 aromatic heterocycles. The summed E-state index contributed by atoms with van der Waals surface area (Å²) in [5.74, 6) is 3.12. The van der Waals surface area contributed by atoms with Gasteiger partial charge in [-0.2, -0.15) is 0 Å². The Labute approximate surface area is 146 Å². The molecule has 1 spiro atoms. The van der Waals surface area contributed by atoms with Crippen LogP contribution in [-0.4, -0.2) is 57.7 Å². The first kappa shape index (κ1) is 17.3. The molecule has 2 saturated heterocycles. The Bertz CT molecular complexity index is 492. The van der Waals surface area contributed by atoms with Crippen LogP contribution in [0.1, 0.15) is 33.6 Å². The zero-order valence-electron chi connectivity index (χ0n) is 14.2. The van der Waals surface area contributed by atoms with Crippen molar-refractivity contribution in [2.24, 2.45) is 11.8 Å². The number of hydrogen-bond acceptors (Lipinski definition) is 5. The second-order valence-corrected chi connectivity index (χ2v) is 10.2. The topological polar surface area (TPSA) is 58.6 Å². The summed E-state index contributed by atoms with van der Waals surface area (Å²) < 4.78 is 5.02. The maximum absolute atomic E-state index is 13.1. The summed E-state index contributed by atoms with van der Waals surface area (Å²) in [7, 11) is 1.33. The number of fused-ring (bicyclic) bond motifs is 3. The number of thioether (sulfide) groups is 2. The lowest BCUT2D eigenvalue weighted by Gasteiger charge is -2.43. The van der Waals surface area contributed by atoms with Gasteiger partial charge in [0.15, 0.2) is 0 Å². The molecule has 2 amide bonds. The van der Waals surface area contributed by atoms with E-state index in [9.17, 15) is 9.59 Å². The molecule has 23 heavy (non-hydrogen) atoms. The molecule has 1 saturated carbocycles. The Kier molecular flexibility index (Phi) is 4.80. The first-order valence-corrected chi connectivity index (χ1v) is 10.3. The Morgan fingerprint density at radius 1 is 1.30 bits per heavy atom. The molecule has 3 rings (SSSR count). The third-order valence-corrected chi connectivity index (χ3v) is 9.15. The highest BCUT2D eigenvalue weighted by atomic mass is 32.2. The zero-order chi connectivity index (χ0) is 16.8. The molecule has 2 bridgehead atoms. The number of rotatable bonds is 3. The summed E-state index contributed by atoms with van der Waals surface area (Å²) in [5, 5.41) is 2.72. The fourth-order valence-electron chi connectivity index (χ4n) is 4.38. The minimum Gasteiger partial charge on any atom is -0.453 e. The van der Waals surface area contributed by atoms with E-state index in [1.165, 1.54) is 18.6 Å². The SMILES string of the molecule is COC(=O)N[C@H](C(=O)N1[C@H]2C[C@@H]([C@H]1C)C1(C2)SCCS1)C(C)C. The monoisotopic (exact) mass is 358 g/mol. The van der Waals surface area contributed by atoms with Gasteiger partial charge in [0.05, 0.1) is 11.2 Å². The molecule has 7 heteroatoms. The maximum Gasteiger partial charge on any atom is 0.407 e. The van der Waals surface area contributed by atoms with Crippen LogP contribution in [0.25, 0.3) is 0 Å². The van der Waals surface area contributed by atoms with Crippen LogP contribution in [-0.2, 0) is 9.53 Å². The standard InChI is InChI=1S/C16H26N2O3S2/c1-9(2)13(17-15(20)21-4)14(19)18-10(3)12-7-11(18)8-16(12)22-5-6-23-16/h9-13H,5-8H2,1-4H3,(H,17,20)/t10-,11+,12+,13+/m1/s1. The van der Waals surface area contributed by atoms with Crippen molar-refractivity contribution in [2.45, 2.75) is 55.8 Å². The Balaban J connectivity index is 1.74. The van der Waals surface area contributed by atoms with Crippen LogP contribution in [0.5, 0.6) is 0 Å². The number of amides is 2. The van der Waals surface area contributed by atoms with Crippen molar-refractivity contribution in [3.63, 3.8) is 0 Å². The van der Waals surface area contributed by atoms with Crippen LogP contribution in [0.3, 0.4) is 0 Å². The highest BCUT2D eigenvalue weighted by Crippen LogP contribution is 2.63. The summed E-state index contributed by atoms with van der Waals surface area (Å²) in [6.45, 7) is 6.10. The molecule has 3 aliphatic rings. The van der Waals surface area contributed by atoms with Crippen LogP contribution in [0.2, 0.25) is 0 Å². The number of hydrogen-bond donors (Lipinski definition) is 1. The average molecular weight is 359 g/mol. The molecule has 5 nitrogen and oxygen atoms in total.